The number of thioether (sulfide) groups is 1. The monoisotopic (exact) mass is 320 g/mol. The SMILES string of the molecule is C#CCN(CC(=O)O)C(=O)N1CCSCC1S(C)(=O)=O. The van der Waals surface area contributed by atoms with Crippen LogP contribution in [0.5, 0.6) is 0 Å². The predicted molar refractivity (Wildman–Crippen MR) is 76.1 cm³/mol. The molecule has 7 nitrogen and oxygen atoms in total. The fourth-order valence-corrected chi connectivity index (χ4v) is 4.61. The number of carboxylic acid groups (broad SMARTS) is 1. The van der Waals surface area contributed by atoms with Crippen LogP contribution < -0.4 is 0 Å². The molecule has 0 aromatic carbocycles. The van der Waals surface area contributed by atoms with Crippen molar-refractivity contribution >= 4 is 33.6 Å². The van der Waals surface area contributed by atoms with Crippen molar-refractivity contribution in [1.29, 1.82) is 0 Å². The maximum Gasteiger partial charge on any atom is 0.323 e. The zero-order valence-corrected chi connectivity index (χ0v) is 12.6. The van der Waals surface area contributed by atoms with Gasteiger partial charge >= 0.3 is 12.0 Å². The van der Waals surface area contributed by atoms with Crippen molar-refractivity contribution in [2.24, 2.45) is 0 Å². The summed E-state index contributed by atoms with van der Waals surface area (Å²) in [6.45, 7) is -0.476. The van der Waals surface area contributed by atoms with Gasteiger partial charge in [0.15, 0.2) is 9.84 Å². The van der Waals surface area contributed by atoms with Crippen LogP contribution in [0.4, 0.5) is 4.79 Å². The smallest absolute Gasteiger partial charge is 0.323 e. The van der Waals surface area contributed by atoms with Gasteiger partial charge in [-0.3, -0.25) is 4.79 Å². The molecule has 9 heteroatoms. The van der Waals surface area contributed by atoms with Gasteiger partial charge in [0.25, 0.3) is 0 Å². The van der Waals surface area contributed by atoms with E-state index in [9.17, 15) is 18.0 Å². The number of carbonyl (C=O) groups excluding carboxylic acids is 1. The van der Waals surface area contributed by atoms with Gasteiger partial charge in [-0.25, -0.2) is 13.2 Å². The van der Waals surface area contributed by atoms with Gasteiger partial charge in [0.2, 0.25) is 0 Å². The molecule has 1 heterocycles. The Balaban J connectivity index is 2.95. The van der Waals surface area contributed by atoms with E-state index in [1.807, 2.05) is 0 Å². The van der Waals surface area contributed by atoms with E-state index in [1.54, 1.807) is 0 Å². The highest BCUT2D eigenvalue weighted by Crippen LogP contribution is 2.21. The van der Waals surface area contributed by atoms with E-state index in [4.69, 9.17) is 11.5 Å². The number of carboxylic acids is 1. The number of hydrogen-bond acceptors (Lipinski definition) is 5. The number of terminal acetylenes is 1. The first kappa shape index (κ1) is 16.7. The highest BCUT2D eigenvalue weighted by molar-refractivity contribution is 8.00. The maximum atomic E-state index is 12.3. The molecule has 0 bridgehead atoms. The second-order valence-corrected chi connectivity index (χ2v) is 7.64. The van der Waals surface area contributed by atoms with Crippen molar-refractivity contribution in [2.75, 3.05) is 37.4 Å². The Hall–Kier alpha value is -1.40. The Morgan fingerprint density at radius 1 is 1.55 bits per heavy atom. The van der Waals surface area contributed by atoms with Gasteiger partial charge in [0.1, 0.15) is 11.9 Å². The number of sulfone groups is 1. The number of carbonyl (C=O) groups is 2. The van der Waals surface area contributed by atoms with Crippen molar-refractivity contribution in [2.45, 2.75) is 5.37 Å². The summed E-state index contributed by atoms with van der Waals surface area (Å²) in [5.41, 5.74) is 0. The molecule has 112 valence electrons. The van der Waals surface area contributed by atoms with Crippen molar-refractivity contribution < 1.29 is 23.1 Å². The normalized spacial score (nSPS) is 19.2. The standard InChI is InChI=1S/C11H16N2O5S2/c1-3-4-12(7-10(14)15)11(16)13-5-6-19-8-9(13)20(2,17)18/h1,9H,4-8H2,2H3,(H,14,15). The van der Waals surface area contributed by atoms with E-state index in [2.05, 4.69) is 5.92 Å². The van der Waals surface area contributed by atoms with Gasteiger partial charge < -0.3 is 14.9 Å². The Morgan fingerprint density at radius 3 is 2.70 bits per heavy atom. The number of nitrogens with zero attached hydrogens (tertiary/aromatic N) is 2. The third-order valence-electron chi connectivity index (χ3n) is 2.70. The van der Waals surface area contributed by atoms with Gasteiger partial charge in [-0.15, -0.1) is 6.42 Å². The van der Waals surface area contributed by atoms with Gasteiger partial charge in [-0.2, -0.15) is 11.8 Å². The van der Waals surface area contributed by atoms with Crippen LogP contribution >= 0.6 is 11.8 Å². The molecular formula is C11H16N2O5S2. The van der Waals surface area contributed by atoms with E-state index in [-0.39, 0.29) is 18.8 Å². The van der Waals surface area contributed by atoms with Crippen LogP contribution in [0, 0.1) is 12.3 Å². The summed E-state index contributed by atoms with van der Waals surface area (Å²) in [7, 11) is -3.44. The minimum Gasteiger partial charge on any atom is -0.480 e. The molecule has 0 radical (unpaired) electrons. The lowest BCUT2D eigenvalue weighted by molar-refractivity contribution is -0.137. The third-order valence-corrected chi connectivity index (χ3v) is 5.35. The quantitative estimate of drug-likeness (QED) is 0.705. The summed E-state index contributed by atoms with van der Waals surface area (Å²) in [4.78, 5) is 25.2. The lowest BCUT2D eigenvalue weighted by Crippen LogP contribution is -2.55. The summed E-state index contributed by atoms with van der Waals surface area (Å²) in [5, 5.41) is 7.84. The van der Waals surface area contributed by atoms with Crippen LogP contribution in [0.15, 0.2) is 0 Å². The molecule has 0 aromatic heterocycles. The second-order valence-electron chi connectivity index (χ2n) is 4.29. The number of rotatable bonds is 4. The summed E-state index contributed by atoms with van der Waals surface area (Å²) in [6, 6.07) is -0.652. The van der Waals surface area contributed by atoms with E-state index < -0.39 is 33.8 Å². The highest BCUT2D eigenvalue weighted by atomic mass is 32.2. The van der Waals surface area contributed by atoms with Crippen LogP contribution in [-0.2, 0) is 14.6 Å². The van der Waals surface area contributed by atoms with Crippen LogP contribution in [0.3, 0.4) is 0 Å². The van der Waals surface area contributed by atoms with Gasteiger partial charge in [0.05, 0.1) is 6.54 Å². The molecule has 0 saturated carbocycles. The lowest BCUT2D eigenvalue weighted by atomic mass is 10.4. The summed E-state index contributed by atoms with van der Waals surface area (Å²) in [5.74, 6) is 1.89. The molecule has 1 fully saturated rings. The zero-order chi connectivity index (χ0) is 15.3. The molecule has 1 saturated heterocycles. The van der Waals surface area contributed by atoms with Crippen molar-refractivity contribution in [3.05, 3.63) is 0 Å². The summed E-state index contributed by atoms with van der Waals surface area (Å²) in [6.07, 6.45) is 6.18. The Kier molecular flexibility index (Phi) is 5.71. The number of urea groups is 1. The third kappa shape index (κ3) is 4.31. The fraction of sp³-hybridized carbons (Fsp3) is 0.636. The Morgan fingerprint density at radius 2 is 2.20 bits per heavy atom. The molecule has 1 rings (SSSR count). The average molecular weight is 320 g/mol. The molecule has 0 aliphatic carbocycles. The summed E-state index contributed by atoms with van der Waals surface area (Å²) >= 11 is 1.44. The molecule has 1 unspecified atom stereocenters. The largest absolute Gasteiger partial charge is 0.480 e. The van der Waals surface area contributed by atoms with E-state index in [0.717, 1.165) is 11.2 Å². The topological polar surface area (TPSA) is 95.0 Å². The highest BCUT2D eigenvalue weighted by Gasteiger charge is 2.36. The van der Waals surface area contributed by atoms with Crippen LogP contribution in [0.1, 0.15) is 0 Å². The molecule has 1 aliphatic rings. The second kappa shape index (κ2) is 6.85. The number of hydrogen-bond donors (Lipinski definition) is 1. The first-order chi connectivity index (χ1) is 9.27. The molecule has 0 aromatic rings. The minimum absolute atomic E-state index is 0.175. The van der Waals surface area contributed by atoms with E-state index >= 15 is 0 Å². The minimum atomic E-state index is -3.44. The zero-order valence-electron chi connectivity index (χ0n) is 11.0. The fourth-order valence-electron chi connectivity index (χ4n) is 1.80. The van der Waals surface area contributed by atoms with Crippen molar-refractivity contribution in [3.8, 4) is 12.3 Å². The molecule has 20 heavy (non-hydrogen) atoms. The molecular weight excluding hydrogens is 304 g/mol. The Labute approximate surface area is 122 Å². The van der Waals surface area contributed by atoms with Crippen LogP contribution in [-0.4, -0.2) is 78.1 Å². The van der Waals surface area contributed by atoms with Gasteiger partial charge in [-0.1, -0.05) is 5.92 Å². The lowest BCUT2D eigenvalue weighted by Gasteiger charge is -2.36. The number of aliphatic carboxylic acids is 1. The maximum absolute atomic E-state index is 12.3. The van der Waals surface area contributed by atoms with Gasteiger partial charge in [0, 0.05) is 24.3 Å². The average Bonchev–Trinajstić information content (AvgIpc) is 2.36. The van der Waals surface area contributed by atoms with Crippen LogP contribution in [0.2, 0.25) is 0 Å². The first-order valence-corrected chi connectivity index (χ1v) is 8.85. The molecule has 1 N–H and O–H groups in total. The van der Waals surface area contributed by atoms with E-state index in [1.165, 1.54) is 16.7 Å². The summed E-state index contributed by atoms with van der Waals surface area (Å²) < 4.78 is 23.4. The van der Waals surface area contributed by atoms with Crippen molar-refractivity contribution in [1.82, 2.24) is 9.80 Å². The predicted octanol–water partition coefficient (Wildman–Crippen LogP) is -0.454. The molecule has 2 amide bonds. The van der Waals surface area contributed by atoms with Crippen molar-refractivity contribution in [3.63, 3.8) is 0 Å². The van der Waals surface area contributed by atoms with E-state index in [0.29, 0.717) is 5.75 Å². The van der Waals surface area contributed by atoms with Crippen LogP contribution in [0.25, 0.3) is 0 Å². The molecule has 1 atom stereocenters. The Bertz CT molecular complexity index is 525. The number of amides is 2. The van der Waals surface area contributed by atoms with Gasteiger partial charge in [-0.05, 0) is 0 Å². The molecule has 1 aliphatic heterocycles. The first-order valence-electron chi connectivity index (χ1n) is 5.74. The molecule has 0 spiro atoms.